The quantitative estimate of drug-likeness (QED) is 0.557. The Bertz CT molecular complexity index is 184. The molecule has 12 heavy (non-hydrogen) atoms. The molecule has 0 saturated carbocycles. The van der Waals surface area contributed by atoms with Crippen LogP contribution in [0.5, 0.6) is 0 Å². The van der Waals surface area contributed by atoms with Gasteiger partial charge in [-0.25, -0.2) is 0 Å². The first-order valence-electron chi connectivity index (χ1n) is 3.75. The van der Waals surface area contributed by atoms with E-state index in [-0.39, 0.29) is 0 Å². The third-order valence-electron chi connectivity index (χ3n) is 1.89. The van der Waals surface area contributed by atoms with Crippen LogP contribution in [0.25, 0.3) is 0 Å². The molecule has 1 rings (SSSR count). The van der Waals surface area contributed by atoms with Crippen molar-refractivity contribution >= 4 is 11.6 Å². The summed E-state index contributed by atoms with van der Waals surface area (Å²) in [5.74, 6) is 0. The molecule has 68 valence electrons. The Morgan fingerprint density at radius 2 is 2.00 bits per heavy atom. The van der Waals surface area contributed by atoms with E-state index in [0.29, 0.717) is 19.6 Å². The van der Waals surface area contributed by atoms with E-state index < -0.39 is 17.6 Å². The van der Waals surface area contributed by atoms with Crippen molar-refractivity contribution in [3.05, 3.63) is 0 Å². The number of hydrogen-bond donors (Lipinski definition) is 2. The topological polar surface area (TPSA) is 67.5 Å². The highest BCUT2D eigenvalue weighted by atomic mass is 35.5. The molecule has 5 heteroatoms. The van der Waals surface area contributed by atoms with E-state index >= 15 is 0 Å². The van der Waals surface area contributed by atoms with Gasteiger partial charge in [-0.05, 0) is 0 Å². The van der Waals surface area contributed by atoms with Gasteiger partial charge in [0.2, 0.25) is 0 Å². The minimum atomic E-state index is -0.701. The SMILES string of the molecule is N#CC(Cl)CN1CC(O)C(O)C1. The number of nitriles is 1. The minimum Gasteiger partial charge on any atom is -0.389 e. The molecule has 0 aromatic carbocycles. The highest BCUT2D eigenvalue weighted by Gasteiger charge is 2.30. The third kappa shape index (κ3) is 2.32. The van der Waals surface area contributed by atoms with E-state index in [1.165, 1.54) is 0 Å². The fourth-order valence-electron chi connectivity index (χ4n) is 1.26. The Kier molecular flexibility index (Phi) is 3.29. The van der Waals surface area contributed by atoms with Crippen molar-refractivity contribution < 1.29 is 10.2 Å². The van der Waals surface area contributed by atoms with E-state index in [9.17, 15) is 0 Å². The van der Waals surface area contributed by atoms with Crippen LogP contribution in [-0.4, -0.2) is 52.3 Å². The monoisotopic (exact) mass is 190 g/mol. The van der Waals surface area contributed by atoms with Gasteiger partial charge in [0.25, 0.3) is 0 Å². The van der Waals surface area contributed by atoms with Crippen LogP contribution in [-0.2, 0) is 0 Å². The molecule has 0 aromatic rings. The molecule has 0 spiro atoms. The summed E-state index contributed by atoms with van der Waals surface area (Å²) in [5, 5.41) is 26.1. The number of rotatable bonds is 2. The molecule has 0 aliphatic carbocycles. The van der Waals surface area contributed by atoms with Crippen LogP contribution in [0.15, 0.2) is 0 Å². The lowest BCUT2D eigenvalue weighted by atomic mass is 10.3. The molecule has 2 N–H and O–H groups in total. The second kappa shape index (κ2) is 4.06. The van der Waals surface area contributed by atoms with Gasteiger partial charge in [0, 0.05) is 19.6 Å². The molecule has 0 radical (unpaired) electrons. The van der Waals surface area contributed by atoms with Crippen LogP contribution >= 0.6 is 11.6 Å². The predicted molar refractivity (Wildman–Crippen MR) is 43.7 cm³/mol. The fourth-order valence-corrected chi connectivity index (χ4v) is 1.46. The van der Waals surface area contributed by atoms with Gasteiger partial charge in [0.1, 0.15) is 5.38 Å². The number of hydrogen-bond acceptors (Lipinski definition) is 4. The average molecular weight is 191 g/mol. The maximum absolute atomic E-state index is 9.14. The van der Waals surface area contributed by atoms with Gasteiger partial charge in [0.05, 0.1) is 18.3 Å². The molecule has 3 unspecified atom stereocenters. The van der Waals surface area contributed by atoms with Crippen molar-refractivity contribution in [3.63, 3.8) is 0 Å². The Hall–Kier alpha value is -0.340. The summed E-state index contributed by atoms with van der Waals surface area (Å²) in [6.45, 7) is 1.18. The van der Waals surface area contributed by atoms with Gasteiger partial charge in [-0.3, -0.25) is 4.90 Å². The van der Waals surface area contributed by atoms with Crippen molar-refractivity contribution in [2.24, 2.45) is 0 Å². The first kappa shape index (κ1) is 9.75. The third-order valence-corrected chi connectivity index (χ3v) is 2.13. The predicted octanol–water partition coefficient (Wildman–Crippen LogP) is -0.845. The zero-order chi connectivity index (χ0) is 9.14. The lowest BCUT2D eigenvalue weighted by Gasteiger charge is -2.13. The first-order valence-corrected chi connectivity index (χ1v) is 4.19. The van der Waals surface area contributed by atoms with Crippen LogP contribution in [0, 0.1) is 11.3 Å². The van der Waals surface area contributed by atoms with E-state index in [4.69, 9.17) is 27.1 Å². The van der Waals surface area contributed by atoms with Crippen molar-refractivity contribution in [2.45, 2.75) is 17.6 Å². The molecule has 1 aliphatic rings. The molecule has 0 aromatic heterocycles. The lowest BCUT2D eigenvalue weighted by molar-refractivity contribution is 0.0572. The van der Waals surface area contributed by atoms with Gasteiger partial charge in [-0.1, -0.05) is 0 Å². The standard InChI is InChI=1S/C7H11ClN2O2/c8-5(1-9)2-10-3-6(11)7(12)4-10/h5-7,11-12H,2-4H2. The molecule has 0 amide bonds. The van der Waals surface area contributed by atoms with Crippen LogP contribution < -0.4 is 0 Å². The molecular weight excluding hydrogens is 180 g/mol. The molecule has 1 saturated heterocycles. The molecule has 1 aliphatic heterocycles. The molecule has 1 fully saturated rings. The summed E-state index contributed by atoms with van der Waals surface area (Å²) < 4.78 is 0. The Morgan fingerprint density at radius 1 is 1.50 bits per heavy atom. The number of likely N-dealkylation sites (tertiary alicyclic amines) is 1. The second-order valence-corrected chi connectivity index (χ2v) is 3.48. The number of aliphatic hydroxyl groups excluding tert-OH is 2. The Labute approximate surface area is 76.0 Å². The molecular formula is C7H11ClN2O2. The fraction of sp³-hybridized carbons (Fsp3) is 0.857. The maximum atomic E-state index is 9.14. The van der Waals surface area contributed by atoms with Crippen molar-refractivity contribution in [2.75, 3.05) is 19.6 Å². The van der Waals surface area contributed by atoms with E-state index in [1.54, 1.807) is 4.90 Å². The molecule has 4 nitrogen and oxygen atoms in total. The lowest BCUT2D eigenvalue weighted by Crippen LogP contribution is -2.28. The van der Waals surface area contributed by atoms with Gasteiger partial charge in [-0.2, -0.15) is 5.26 Å². The summed E-state index contributed by atoms with van der Waals surface area (Å²) >= 11 is 5.57. The van der Waals surface area contributed by atoms with Crippen LogP contribution in [0.3, 0.4) is 0 Å². The van der Waals surface area contributed by atoms with E-state index in [1.807, 2.05) is 6.07 Å². The first-order chi connectivity index (χ1) is 5.63. The summed E-state index contributed by atoms with van der Waals surface area (Å²) in [6, 6.07) is 1.88. The van der Waals surface area contributed by atoms with Crippen LogP contribution in [0.4, 0.5) is 0 Å². The normalized spacial score (nSPS) is 33.2. The zero-order valence-corrected chi connectivity index (χ0v) is 7.28. The highest BCUT2D eigenvalue weighted by Crippen LogP contribution is 2.11. The van der Waals surface area contributed by atoms with Crippen molar-refractivity contribution in [1.29, 1.82) is 5.26 Å². The summed E-state index contributed by atoms with van der Waals surface area (Å²) in [5.41, 5.74) is 0. The van der Waals surface area contributed by atoms with Gasteiger partial charge >= 0.3 is 0 Å². The van der Waals surface area contributed by atoms with E-state index in [0.717, 1.165) is 0 Å². The molecule has 0 bridgehead atoms. The van der Waals surface area contributed by atoms with Crippen LogP contribution in [0.1, 0.15) is 0 Å². The van der Waals surface area contributed by atoms with E-state index in [2.05, 4.69) is 0 Å². The molecule has 1 heterocycles. The largest absolute Gasteiger partial charge is 0.389 e. The number of alkyl halides is 1. The number of β-amino-alcohol motifs (C(OH)–C–C–N with tert-alkyl or cyclic N) is 2. The Balaban J connectivity index is 2.33. The number of nitrogens with zero attached hydrogens (tertiary/aromatic N) is 2. The summed E-state index contributed by atoms with van der Waals surface area (Å²) in [6.07, 6.45) is -1.40. The Morgan fingerprint density at radius 3 is 2.42 bits per heavy atom. The summed E-state index contributed by atoms with van der Waals surface area (Å²) in [7, 11) is 0. The van der Waals surface area contributed by atoms with Gasteiger partial charge in [-0.15, -0.1) is 11.6 Å². The number of aliphatic hydroxyl groups is 2. The second-order valence-electron chi connectivity index (χ2n) is 2.95. The van der Waals surface area contributed by atoms with Gasteiger partial charge in [0.15, 0.2) is 0 Å². The van der Waals surface area contributed by atoms with Crippen LogP contribution in [0.2, 0.25) is 0 Å². The van der Waals surface area contributed by atoms with Crippen molar-refractivity contribution in [1.82, 2.24) is 4.90 Å². The summed E-state index contributed by atoms with van der Waals surface area (Å²) in [4.78, 5) is 1.77. The average Bonchev–Trinajstić information content (AvgIpc) is 2.31. The van der Waals surface area contributed by atoms with Gasteiger partial charge < -0.3 is 10.2 Å². The smallest absolute Gasteiger partial charge is 0.133 e. The number of halogens is 1. The zero-order valence-electron chi connectivity index (χ0n) is 6.52. The van der Waals surface area contributed by atoms with Crippen molar-refractivity contribution in [3.8, 4) is 6.07 Å². The maximum Gasteiger partial charge on any atom is 0.133 e. The highest BCUT2D eigenvalue weighted by molar-refractivity contribution is 6.22. The molecule has 3 atom stereocenters. The minimum absolute atomic E-state index is 0.395.